The first-order chi connectivity index (χ1) is 14.8. The maximum atomic E-state index is 12.7. The molecule has 0 unspecified atom stereocenters. The largest absolute Gasteiger partial charge is 0.408 e. The number of nitrogens with one attached hydrogen (secondary N) is 1. The van der Waals surface area contributed by atoms with Gasteiger partial charge in [0.25, 0.3) is 5.56 Å². The Kier molecular flexibility index (Phi) is 7.83. The minimum absolute atomic E-state index is 0.154. The fourth-order valence-electron chi connectivity index (χ4n) is 3.28. The number of hydrogen-bond donors (Lipinski definition) is 3. The van der Waals surface area contributed by atoms with Crippen LogP contribution in [0.1, 0.15) is 47.8 Å². The van der Waals surface area contributed by atoms with E-state index in [0.717, 1.165) is 0 Å². The summed E-state index contributed by atoms with van der Waals surface area (Å²) < 4.78 is 21.0. The maximum absolute atomic E-state index is 12.7. The lowest BCUT2D eigenvalue weighted by Crippen LogP contribution is -2.59. The summed E-state index contributed by atoms with van der Waals surface area (Å²) in [6, 6.07) is 1.23. The summed E-state index contributed by atoms with van der Waals surface area (Å²) >= 11 is 0. The van der Waals surface area contributed by atoms with Crippen molar-refractivity contribution in [2.45, 2.75) is 102 Å². The highest BCUT2D eigenvalue weighted by atomic mass is 28.4. The number of hydrogen-bond acceptors (Lipinski definition) is 7. The van der Waals surface area contributed by atoms with Crippen molar-refractivity contribution in [3.8, 4) is 0 Å². The second-order valence-corrected chi connectivity index (χ2v) is 21.6. The van der Waals surface area contributed by atoms with E-state index in [-0.39, 0.29) is 10.1 Å². The molecule has 2 heterocycles. The zero-order valence-electron chi connectivity index (χ0n) is 21.7. The molecule has 2 rings (SSSR count). The van der Waals surface area contributed by atoms with Crippen LogP contribution in [0.5, 0.6) is 0 Å². The van der Waals surface area contributed by atoms with Gasteiger partial charge >= 0.3 is 5.69 Å². The molecule has 3 atom stereocenters. The summed E-state index contributed by atoms with van der Waals surface area (Å²) in [5, 5.41) is 20.5. The number of aromatic nitrogens is 2. The van der Waals surface area contributed by atoms with Crippen LogP contribution in [0.3, 0.4) is 0 Å². The van der Waals surface area contributed by atoms with Gasteiger partial charge in [-0.05, 0) is 36.3 Å². The number of aliphatic hydroxyl groups excluding tert-OH is 2. The van der Waals surface area contributed by atoms with Crippen LogP contribution in [0.25, 0.3) is 0 Å². The van der Waals surface area contributed by atoms with Crippen LogP contribution in [0.4, 0.5) is 0 Å². The van der Waals surface area contributed by atoms with E-state index >= 15 is 0 Å². The molecule has 0 saturated carbocycles. The van der Waals surface area contributed by atoms with Crippen molar-refractivity contribution in [2.24, 2.45) is 0 Å². The van der Waals surface area contributed by atoms with E-state index in [1.807, 2.05) is 0 Å². The molecule has 0 spiro atoms. The van der Waals surface area contributed by atoms with Gasteiger partial charge in [0.05, 0.1) is 13.2 Å². The number of ether oxygens (including phenoxy) is 1. The number of rotatable bonds is 7. The van der Waals surface area contributed by atoms with Crippen molar-refractivity contribution < 1.29 is 23.8 Å². The predicted octanol–water partition coefficient (Wildman–Crippen LogP) is 2.57. The number of H-pyrrole nitrogens is 1. The summed E-state index contributed by atoms with van der Waals surface area (Å²) in [5.41, 5.74) is -2.67. The Morgan fingerprint density at radius 1 is 1.00 bits per heavy atom. The van der Waals surface area contributed by atoms with Crippen LogP contribution in [0, 0.1) is 0 Å². The molecule has 1 aliphatic rings. The highest BCUT2D eigenvalue weighted by molar-refractivity contribution is 6.74. The molecule has 11 heteroatoms. The summed E-state index contributed by atoms with van der Waals surface area (Å²) in [6.07, 6.45) is -1.27. The molecule has 1 fully saturated rings. The molecule has 1 aromatic rings. The highest BCUT2D eigenvalue weighted by Crippen LogP contribution is 2.48. The molecule has 1 aromatic heterocycles. The van der Waals surface area contributed by atoms with Gasteiger partial charge < -0.3 is 23.8 Å². The Balaban J connectivity index is 2.71. The van der Waals surface area contributed by atoms with Crippen LogP contribution in [-0.4, -0.2) is 67.4 Å². The van der Waals surface area contributed by atoms with Gasteiger partial charge in [0, 0.05) is 12.3 Å². The zero-order chi connectivity index (χ0) is 25.6. The fourth-order valence-corrected chi connectivity index (χ4v) is 5.89. The lowest BCUT2D eigenvalue weighted by molar-refractivity contribution is -0.148. The van der Waals surface area contributed by atoms with Crippen molar-refractivity contribution in [1.82, 2.24) is 9.55 Å². The SMILES string of the molecule is CC(C)(C)[Si](C)(C)O[C@H]1[C@H](n2ccc(=O)[nH]c2=O)OC(CO)(CO)[C@H]1O[Si](C)(C)C(C)(C)C. The van der Waals surface area contributed by atoms with Gasteiger partial charge in [0.2, 0.25) is 0 Å². The summed E-state index contributed by atoms with van der Waals surface area (Å²) in [4.78, 5) is 26.6. The first-order valence-electron chi connectivity index (χ1n) is 11.4. The lowest BCUT2D eigenvalue weighted by atomic mass is 9.97. The van der Waals surface area contributed by atoms with Crippen LogP contribution in [0.2, 0.25) is 36.3 Å². The fraction of sp³-hybridized carbons (Fsp3) is 0.818. The van der Waals surface area contributed by atoms with E-state index in [1.165, 1.54) is 16.8 Å². The summed E-state index contributed by atoms with van der Waals surface area (Å²) in [5.74, 6) is 0. The third-order valence-corrected chi connectivity index (χ3v) is 16.5. The van der Waals surface area contributed by atoms with Gasteiger partial charge in [-0.25, -0.2) is 4.79 Å². The van der Waals surface area contributed by atoms with Gasteiger partial charge in [0.1, 0.15) is 17.8 Å². The van der Waals surface area contributed by atoms with E-state index in [4.69, 9.17) is 13.6 Å². The molecule has 1 saturated heterocycles. The summed E-state index contributed by atoms with van der Waals surface area (Å²) in [6.45, 7) is 19.9. The van der Waals surface area contributed by atoms with Crippen molar-refractivity contribution in [2.75, 3.05) is 13.2 Å². The lowest BCUT2D eigenvalue weighted by Gasteiger charge is -2.45. The molecule has 0 radical (unpaired) electrons. The summed E-state index contributed by atoms with van der Waals surface area (Å²) in [7, 11) is -4.84. The third-order valence-electron chi connectivity index (χ3n) is 7.58. The Morgan fingerprint density at radius 2 is 1.48 bits per heavy atom. The average Bonchev–Trinajstić information content (AvgIpc) is 2.93. The van der Waals surface area contributed by atoms with Gasteiger partial charge in [-0.15, -0.1) is 0 Å². The second kappa shape index (κ2) is 9.17. The molecular weight excluding hydrogens is 460 g/mol. The van der Waals surface area contributed by atoms with E-state index < -0.39 is 65.1 Å². The standard InChI is InChI=1S/C22H42N2O7Si2/c1-20(2,3)32(7,8)30-16-17(31-33(9,10)21(4,5)6)22(13-25,14-26)29-18(16)24-12-11-15(27)23-19(24)28/h11-12,16-18,25-26H,13-14H2,1-10H3,(H,23,27,28)/t16-,17+,18-/m1/s1. The first kappa shape index (κ1) is 28.2. The van der Waals surface area contributed by atoms with Gasteiger partial charge in [-0.2, -0.15) is 0 Å². The molecule has 0 aliphatic carbocycles. The number of aromatic amines is 1. The van der Waals surface area contributed by atoms with Gasteiger partial charge in [0.15, 0.2) is 22.9 Å². The first-order valence-corrected chi connectivity index (χ1v) is 17.2. The van der Waals surface area contributed by atoms with Crippen molar-refractivity contribution in [1.29, 1.82) is 0 Å². The highest BCUT2D eigenvalue weighted by Gasteiger charge is 2.61. The average molecular weight is 503 g/mol. The van der Waals surface area contributed by atoms with E-state index in [0.29, 0.717) is 0 Å². The number of aliphatic hydroxyl groups is 2. The minimum atomic E-state index is -2.42. The normalized spacial score (nSPS) is 24.3. The monoisotopic (exact) mass is 502 g/mol. The minimum Gasteiger partial charge on any atom is -0.408 e. The van der Waals surface area contributed by atoms with E-state index in [2.05, 4.69) is 72.7 Å². The topological polar surface area (TPSA) is 123 Å². The molecule has 33 heavy (non-hydrogen) atoms. The molecule has 3 N–H and O–H groups in total. The quantitative estimate of drug-likeness (QED) is 0.490. The Labute approximate surface area is 198 Å². The maximum Gasteiger partial charge on any atom is 0.330 e. The molecule has 1 aliphatic heterocycles. The van der Waals surface area contributed by atoms with Crippen LogP contribution in [0.15, 0.2) is 21.9 Å². The van der Waals surface area contributed by atoms with Crippen LogP contribution >= 0.6 is 0 Å². The van der Waals surface area contributed by atoms with Crippen molar-refractivity contribution in [3.05, 3.63) is 33.1 Å². The van der Waals surface area contributed by atoms with E-state index in [1.54, 1.807) is 0 Å². The molecular formula is C22H42N2O7Si2. The molecule has 9 nitrogen and oxygen atoms in total. The predicted molar refractivity (Wildman–Crippen MR) is 132 cm³/mol. The zero-order valence-corrected chi connectivity index (χ0v) is 23.7. The Morgan fingerprint density at radius 3 is 1.91 bits per heavy atom. The number of nitrogens with zero attached hydrogens (tertiary/aromatic N) is 1. The van der Waals surface area contributed by atoms with Gasteiger partial charge in [-0.3, -0.25) is 14.3 Å². The second-order valence-electron chi connectivity index (χ2n) is 12.0. The smallest absolute Gasteiger partial charge is 0.330 e. The third kappa shape index (κ3) is 5.44. The Bertz CT molecular complexity index is 940. The van der Waals surface area contributed by atoms with Crippen LogP contribution < -0.4 is 11.2 Å². The molecule has 0 bridgehead atoms. The molecule has 190 valence electrons. The van der Waals surface area contributed by atoms with Crippen molar-refractivity contribution >= 4 is 16.6 Å². The van der Waals surface area contributed by atoms with E-state index in [9.17, 15) is 19.8 Å². The van der Waals surface area contributed by atoms with Crippen LogP contribution in [-0.2, 0) is 13.6 Å². The molecule has 0 aromatic carbocycles. The molecule has 0 amide bonds. The van der Waals surface area contributed by atoms with Crippen molar-refractivity contribution in [3.63, 3.8) is 0 Å². The Hall–Kier alpha value is -1.09. The van der Waals surface area contributed by atoms with Gasteiger partial charge in [-0.1, -0.05) is 41.5 Å².